The minimum Gasteiger partial charge on any atom is -0.471 e. The Labute approximate surface area is 152 Å². The molecule has 0 aliphatic carbocycles. The van der Waals surface area contributed by atoms with Crippen LogP contribution in [0.25, 0.3) is 26.1 Å². The first-order chi connectivity index (χ1) is 12.6. The van der Waals surface area contributed by atoms with Crippen LogP contribution in [0.1, 0.15) is 0 Å². The van der Waals surface area contributed by atoms with E-state index in [0.717, 1.165) is 33.0 Å². The second-order valence-electron chi connectivity index (χ2n) is 6.25. The lowest BCUT2D eigenvalue weighted by molar-refractivity contribution is 0.372. The van der Waals surface area contributed by atoms with Crippen LogP contribution < -0.4 is 20.5 Å². The lowest BCUT2D eigenvalue weighted by atomic mass is 10.2. The molecule has 0 radical (unpaired) electrons. The zero-order chi connectivity index (χ0) is 17.8. The number of anilines is 2. The molecule has 0 spiro atoms. The molecule has 1 aromatic carbocycles. The molecule has 5 rings (SSSR count). The SMILES string of the molecule is CN(C)c1ccnc2sc3c(=O)n(-c4ccc5c(c4)OCN5)cnc3c12. The summed E-state index contributed by atoms with van der Waals surface area (Å²) in [5.41, 5.74) is 3.25. The summed E-state index contributed by atoms with van der Waals surface area (Å²) in [5.74, 6) is 0.738. The molecule has 0 fully saturated rings. The van der Waals surface area contributed by atoms with Gasteiger partial charge >= 0.3 is 0 Å². The third kappa shape index (κ3) is 2.08. The molecule has 4 heterocycles. The van der Waals surface area contributed by atoms with Crippen molar-refractivity contribution in [2.75, 3.05) is 31.0 Å². The van der Waals surface area contributed by atoms with E-state index in [9.17, 15) is 4.79 Å². The Morgan fingerprint density at radius 1 is 1.27 bits per heavy atom. The highest BCUT2D eigenvalue weighted by atomic mass is 32.1. The molecule has 1 aliphatic heterocycles. The number of benzene rings is 1. The van der Waals surface area contributed by atoms with Crippen molar-refractivity contribution in [3.05, 3.63) is 47.1 Å². The predicted octanol–water partition coefficient (Wildman–Crippen LogP) is 2.82. The van der Waals surface area contributed by atoms with Crippen molar-refractivity contribution in [1.29, 1.82) is 0 Å². The minimum absolute atomic E-state index is 0.103. The van der Waals surface area contributed by atoms with Crippen LogP contribution in [0.4, 0.5) is 11.4 Å². The van der Waals surface area contributed by atoms with Crippen LogP contribution in [0.3, 0.4) is 0 Å². The summed E-state index contributed by atoms with van der Waals surface area (Å²) in [6.07, 6.45) is 3.34. The van der Waals surface area contributed by atoms with Gasteiger partial charge < -0.3 is 15.0 Å². The summed E-state index contributed by atoms with van der Waals surface area (Å²) in [6.45, 7) is 0.445. The topological polar surface area (TPSA) is 72.3 Å². The summed E-state index contributed by atoms with van der Waals surface area (Å²) in [7, 11) is 3.94. The van der Waals surface area contributed by atoms with E-state index in [4.69, 9.17) is 4.74 Å². The molecular weight excluding hydrogens is 350 g/mol. The zero-order valence-corrected chi connectivity index (χ0v) is 15.0. The number of fused-ring (bicyclic) bond motifs is 4. The highest BCUT2D eigenvalue weighted by molar-refractivity contribution is 7.25. The summed E-state index contributed by atoms with van der Waals surface area (Å²) < 4.78 is 7.67. The average molecular weight is 365 g/mol. The van der Waals surface area contributed by atoms with E-state index in [1.165, 1.54) is 11.3 Å². The standard InChI is InChI=1S/C18H15N5O2S/c1-22(2)12-5-6-19-17-14(12)15-16(26-17)18(24)23(8-20-15)10-3-4-11-13(7-10)25-9-21-11/h3-8,21H,9H2,1-2H3. The molecule has 0 unspecified atom stereocenters. The van der Waals surface area contributed by atoms with Gasteiger partial charge in [0.1, 0.15) is 21.6 Å². The van der Waals surface area contributed by atoms with Gasteiger partial charge in [-0.15, -0.1) is 11.3 Å². The average Bonchev–Trinajstić information content (AvgIpc) is 3.25. The van der Waals surface area contributed by atoms with E-state index in [2.05, 4.69) is 15.3 Å². The Hall–Kier alpha value is -3.13. The summed E-state index contributed by atoms with van der Waals surface area (Å²) >= 11 is 1.38. The maximum atomic E-state index is 13.1. The van der Waals surface area contributed by atoms with E-state index in [1.807, 2.05) is 43.3 Å². The smallest absolute Gasteiger partial charge is 0.275 e. The van der Waals surface area contributed by atoms with Crippen molar-refractivity contribution in [2.24, 2.45) is 0 Å². The van der Waals surface area contributed by atoms with Crippen LogP contribution in [-0.2, 0) is 0 Å². The first-order valence-corrected chi connectivity index (χ1v) is 8.92. The van der Waals surface area contributed by atoms with Gasteiger partial charge in [0.15, 0.2) is 6.73 Å². The Morgan fingerprint density at radius 2 is 2.15 bits per heavy atom. The van der Waals surface area contributed by atoms with Crippen LogP contribution >= 0.6 is 11.3 Å². The van der Waals surface area contributed by atoms with Crippen molar-refractivity contribution in [1.82, 2.24) is 14.5 Å². The van der Waals surface area contributed by atoms with E-state index < -0.39 is 0 Å². The highest BCUT2D eigenvalue weighted by Gasteiger charge is 2.18. The summed E-state index contributed by atoms with van der Waals surface area (Å²) in [5, 5.41) is 4.04. The van der Waals surface area contributed by atoms with Crippen molar-refractivity contribution < 1.29 is 4.74 Å². The van der Waals surface area contributed by atoms with Gasteiger partial charge in [0.2, 0.25) is 0 Å². The van der Waals surface area contributed by atoms with Crippen LogP contribution in [0.2, 0.25) is 0 Å². The second-order valence-corrected chi connectivity index (χ2v) is 7.25. The Kier molecular flexibility index (Phi) is 3.17. The molecule has 26 heavy (non-hydrogen) atoms. The Bertz CT molecular complexity index is 1230. The lowest BCUT2D eigenvalue weighted by Gasteiger charge is -2.13. The first kappa shape index (κ1) is 15.2. The maximum Gasteiger partial charge on any atom is 0.275 e. The molecular formula is C18H15N5O2S. The molecule has 0 saturated carbocycles. The van der Waals surface area contributed by atoms with Gasteiger partial charge in [-0.1, -0.05) is 0 Å². The van der Waals surface area contributed by atoms with E-state index in [0.29, 0.717) is 16.9 Å². The van der Waals surface area contributed by atoms with Crippen LogP contribution in [0.5, 0.6) is 5.75 Å². The van der Waals surface area contributed by atoms with Crippen molar-refractivity contribution in [3.8, 4) is 11.4 Å². The third-order valence-corrected chi connectivity index (χ3v) is 5.55. The molecule has 0 amide bonds. The largest absolute Gasteiger partial charge is 0.471 e. The number of hydrogen-bond donors (Lipinski definition) is 1. The fraction of sp³-hybridized carbons (Fsp3) is 0.167. The second kappa shape index (κ2) is 5.43. The predicted molar refractivity (Wildman–Crippen MR) is 104 cm³/mol. The molecule has 0 saturated heterocycles. The van der Waals surface area contributed by atoms with E-state index >= 15 is 0 Å². The van der Waals surface area contributed by atoms with Gasteiger partial charge in [0.25, 0.3) is 5.56 Å². The molecule has 1 N–H and O–H groups in total. The lowest BCUT2D eigenvalue weighted by Crippen LogP contribution is -2.17. The van der Waals surface area contributed by atoms with Gasteiger partial charge in [0.05, 0.1) is 28.0 Å². The van der Waals surface area contributed by atoms with Gasteiger partial charge in [-0.3, -0.25) is 9.36 Å². The van der Waals surface area contributed by atoms with Crippen LogP contribution in [0, 0.1) is 0 Å². The highest BCUT2D eigenvalue weighted by Crippen LogP contribution is 2.35. The van der Waals surface area contributed by atoms with E-state index in [-0.39, 0.29) is 5.56 Å². The first-order valence-electron chi connectivity index (χ1n) is 8.11. The molecule has 130 valence electrons. The molecule has 7 nitrogen and oxygen atoms in total. The van der Waals surface area contributed by atoms with Gasteiger partial charge in [0, 0.05) is 26.4 Å². The normalized spacial score (nSPS) is 12.8. The quantitative estimate of drug-likeness (QED) is 0.589. The monoisotopic (exact) mass is 365 g/mol. The zero-order valence-electron chi connectivity index (χ0n) is 14.2. The number of rotatable bonds is 2. The number of nitrogens with zero attached hydrogens (tertiary/aromatic N) is 4. The molecule has 8 heteroatoms. The maximum absolute atomic E-state index is 13.1. The molecule has 1 aliphatic rings. The summed E-state index contributed by atoms with van der Waals surface area (Å²) in [4.78, 5) is 25.0. The Balaban J connectivity index is 1.77. The van der Waals surface area contributed by atoms with E-state index in [1.54, 1.807) is 17.1 Å². The van der Waals surface area contributed by atoms with Crippen molar-refractivity contribution in [2.45, 2.75) is 0 Å². The van der Waals surface area contributed by atoms with Gasteiger partial charge in [-0.05, 0) is 18.2 Å². The van der Waals surface area contributed by atoms with Crippen molar-refractivity contribution in [3.63, 3.8) is 0 Å². The van der Waals surface area contributed by atoms with Crippen LogP contribution in [0.15, 0.2) is 41.6 Å². The number of nitrogens with one attached hydrogen (secondary N) is 1. The number of aromatic nitrogens is 3. The fourth-order valence-corrected chi connectivity index (χ4v) is 4.26. The minimum atomic E-state index is -0.103. The number of hydrogen-bond acceptors (Lipinski definition) is 7. The number of thiophene rings is 1. The fourth-order valence-electron chi connectivity index (χ4n) is 3.21. The van der Waals surface area contributed by atoms with Crippen molar-refractivity contribution >= 4 is 43.1 Å². The van der Waals surface area contributed by atoms with Gasteiger partial charge in [-0.2, -0.15) is 0 Å². The van der Waals surface area contributed by atoms with Gasteiger partial charge in [-0.25, -0.2) is 9.97 Å². The molecule has 0 bridgehead atoms. The third-order valence-electron chi connectivity index (χ3n) is 4.48. The molecule has 4 aromatic rings. The number of pyridine rings is 1. The molecule has 3 aromatic heterocycles. The Morgan fingerprint density at radius 3 is 3.00 bits per heavy atom. The summed E-state index contributed by atoms with van der Waals surface area (Å²) in [6, 6.07) is 7.57. The molecule has 0 atom stereocenters. The number of ether oxygens (including phenoxy) is 1. The van der Waals surface area contributed by atoms with Crippen LogP contribution in [-0.4, -0.2) is 35.4 Å².